The van der Waals surface area contributed by atoms with Gasteiger partial charge in [-0.3, -0.25) is 9.35 Å². The number of nitrogens with one attached hydrogen (secondary N) is 1. The molecule has 1 aliphatic rings. The number of amides is 1. The molecule has 10 heteroatoms. The molecule has 19 heavy (non-hydrogen) atoms. The maximum Gasteiger partial charge on any atom is 0.397 e. The molecule has 112 valence electrons. The third-order valence-electron chi connectivity index (χ3n) is 2.87. The molecule has 5 atom stereocenters. The van der Waals surface area contributed by atoms with Gasteiger partial charge in [-0.1, -0.05) is 6.92 Å². The summed E-state index contributed by atoms with van der Waals surface area (Å²) in [6.07, 6.45) is -3.61. The maximum absolute atomic E-state index is 10.9. The highest BCUT2D eigenvalue weighted by Crippen LogP contribution is 2.25. The van der Waals surface area contributed by atoms with Gasteiger partial charge in [0.1, 0.15) is 6.04 Å². The Hall–Kier alpha value is -0.780. The van der Waals surface area contributed by atoms with Gasteiger partial charge in [0.2, 0.25) is 5.91 Å². The van der Waals surface area contributed by atoms with Crippen LogP contribution in [0.1, 0.15) is 13.8 Å². The number of aliphatic hydroxyl groups excluding tert-OH is 2. The molecule has 0 aromatic rings. The van der Waals surface area contributed by atoms with Crippen molar-refractivity contribution in [3.63, 3.8) is 0 Å². The van der Waals surface area contributed by atoms with Crippen LogP contribution >= 0.6 is 0 Å². The number of aliphatic hydroxyl groups is 2. The van der Waals surface area contributed by atoms with Crippen LogP contribution in [0.5, 0.6) is 0 Å². The van der Waals surface area contributed by atoms with Crippen molar-refractivity contribution < 1.29 is 36.9 Å². The van der Waals surface area contributed by atoms with Crippen molar-refractivity contribution in [2.24, 2.45) is 5.92 Å². The molecule has 4 N–H and O–H groups in total. The summed E-state index contributed by atoms with van der Waals surface area (Å²) >= 11 is 0. The number of hydrogen-bond donors (Lipinski definition) is 4. The zero-order valence-corrected chi connectivity index (χ0v) is 11.2. The maximum atomic E-state index is 10.9. The summed E-state index contributed by atoms with van der Waals surface area (Å²) in [5.74, 6) is -1.08. The van der Waals surface area contributed by atoms with Gasteiger partial charge in [-0.25, -0.2) is 4.18 Å². The van der Waals surface area contributed by atoms with Gasteiger partial charge in [-0.15, -0.1) is 0 Å². The van der Waals surface area contributed by atoms with Gasteiger partial charge >= 0.3 is 10.4 Å². The Morgan fingerprint density at radius 3 is 2.47 bits per heavy atom. The second-order valence-electron chi connectivity index (χ2n) is 4.35. The van der Waals surface area contributed by atoms with Crippen LogP contribution in [-0.2, 0) is 24.1 Å². The first-order chi connectivity index (χ1) is 8.61. The largest absolute Gasteiger partial charge is 0.397 e. The lowest BCUT2D eigenvalue weighted by Crippen LogP contribution is -2.61. The first kappa shape index (κ1) is 16.3. The van der Waals surface area contributed by atoms with Gasteiger partial charge in [0, 0.05) is 12.8 Å². The third-order valence-corrected chi connectivity index (χ3v) is 3.30. The second kappa shape index (κ2) is 6.11. The molecule has 1 amide bonds. The van der Waals surface area contributed by atoms with E-state index in [9.17, 15) is 23.4 Å². The summed E-state index contributed by atoms with van der Waals surface area (Å²) in [5.41, 5.74) is 0. The molecule has 9 nitrogen and oxygen atoms in total. The van der Waals surface area contributed by atoms with Crippen LogP contribution in [0.15, 0.2) is 0 Å². The zero-order valence-electron chi connectivity index (χ0n) is 10.4. The van der Waals surface area contributed by atoms with Crippen LogP contribution in [0.4, 0.5) is 0 Å². The van der Waals surface area contributed by atoms with E-state index in [1.165, 1.54) is 13.8 Å². The Labute approximate surface area is 110 Å². The smallest absolute Gasteiger partial charge is 0.390 e. The lowest BCUT2D eigenvalue weighted by atomic mass is 9.89. The van der Waals surface area contributed by atoms with Crippen LogP contribution < -0.4 is 5.32 Å². The number of hydrogen-bond acceptors (Lipinski definition) is 7. The normalized spacial score (nSPS) is 35.9. The van der Waals surface area contributed by atoms with Crippen molar-refractivity contribution >= 4 is 16.3 Å². The predicted octanol–water partition coefficient (Wildman–Crippen LogP) is -1.98. The van der Waals surface area contributed by atoms with Crippen LogP contribution in [-0.4, -0.2) is 60.2 Å². The first-order valence-corrected chi connectivity index (χ1v) is 6.89. The van der Waals surface area contributed by atoms with E-state index >= 15 is 0 Å². The van der Waals surface area contributed by atoms with E-state index in [0.29, 0.717) is 0 Å². The molecule has 0 aliphatic carbocycles. The van der Waals surface area contributed by atoms with Crippen LogP contribution in [0, 0.1) is 5.92 Å². The molecule has 1 saturated heterocycles. The quantitative estimate of drug-likeness (QED) is 0.438. The lowest BCUT2D eigenvalue weighted by Gasteiger charge is -2.41. The third kappa shape index (κ3) is 4.67. The average Bonchev–Trinajstić information content (AvgIpc) is 2.26. The van der Waals surface area contributed by atoms with E-state index in [4.69, 9.17) is 9.29 Å². The van der Waals surface area contributed by atoms with Crippen molar-refractivity contribution in [1.29, 1.82) is 0 Å². The number of carbonyl (C=O) groups is 1. The number of rotatable bonds is 4. The second-order valence-corrected chi connectivity index (χ2v) is 5.44. The SMILES string of the molecule is CC(=O)NC1C(O)OC(COS(=O)(=O)O)C(C)C1O. The van der Waals surface area contributed by atoms with Crippen molar-refractivity contribution in [2.45, 2.75) is 38.4 Å². The Kier molecular flexibility index (Phi) is 5.24. The molecular weight excluding hydrogens is 282 g/mol. The van der Waals surface area contributed by atoms with Crippen molar-refractivity contribution in [3.8, 4) is 0 Å². The minimum Gasteiger partial charge on any atom is -0.390 e. The molecular formula is C9H17NO8S. The van der Waals surface area contributed by atoms with Gasteiger partial charge in [0.15, 0.2) is 6.29 Å². The number of carbonyl (C=O) groups excluding carboxylic acids is 1. The minimum atomic E-state index is -4.63. The van der Waals surface area contributed by atoms with E-state index in [1.54, 1.807) is 0 Å². The Morgan fingerprint density at radius 1 is 1.42 bits per heavy atom. The van der Waals surface area contributed by atoms with Crippen LogP contribution in [0.3, 0.4) is 0 Å². The molecule has 1 rings (SSSR count). The lowest BCUT2D eigenvalue weighted by molar-refractivity contribution is -0.233. The Bertz CT molecular complexity index is 424. The summed E-state index contributed by atoms with van der Waals surface area (Å²) in [5, 5.41) is 21.9. The molecule has 0 aromatic carbocycles. The predicted molar refractivity (Wildman–Crippen MR) is 61.2 cm³/mol. The van der Waals surface area contributed by atoms with Gasteiger partial charge in [-0.05, 0) is 0 Å². The Morgan fingerprint density at radius 2 is 2.00 bits per heavy atom. The van der Waals surface area contributed by atoms with Crippen molar-refractivity contribution in [1.82, 2.24) is 5.32 Å². The summed E-state index contributed by atoms with van der Waals surface area (Å²) < 4.78 is 38.6. The van der Waals surface area contributed by atoms with E-state index < -0.39 is 53.4 Å². The highest BCUT2D eigenvalue weighted by Gasteiger charge is 2.43. The van der Waals surface area contributed by atoms with E-state index in [1.807, 2.05) is 0 Å². The summed E-state index contributed by atoms with van der Waals surface area (Å²) in [4.78, 5) is 10.9. The summed E-state index contributed by atoms with van der Waals surface area (Å²) in [6, 6.07) is -1.02. The van der Waals surface area contributed by atoms with Gasteiger partial charge in [-0.2, -0.15) is 8.42 Å². The highest BCUT2D eigenvalue weighted by atomic mass is 32.3. The van der Waals surface area contributed by atoms with Crippen molar-refractivity contribution in [2.75, 3.05) is 6.61 Å². The first-order valence-electron chi connectivity index (χ1n) is 5.52. The molecule has 5 unspecified atom stereocenters. The monoisotopic (exact) mass is 299 g/mol. The van der Waals surface area contributed by atoms with Gasteiger partial charge in [0.25, 0.3) is 0 Å². The van der Waals surface area contributed by atoms with E-state index in [0.717, 1.165) is 0 Å². The molecule has 0 saturated carbocycles. The molecule has 0 aromatic heterocycles. The summed E-state index contributed by atoms with van der Waals surface area (Å²) in [6.45, 7) is 2.20. The molecule has 0 spiro atoms. The standard InChI is InChI=1S/C9H17NO8S/c1-4-6(3-17-19(14,15)16)18-9(13)7(8(4)12)10-5(2)11/h4,6-9,12-13H,3H2,1-2H3,(H,10,11)(H,14,15,16). The fraction of sp³-hybridized carbons (Fsp3) is 0.889. The van der Waals surface area contributed by atoms with Crippen molar-refractivity contribution in [3.05, 3.63) is 0 Å². The molecule has 1 fully saturated rings. The fourth-order valence-electron chi connectivity index (χ4n) is 1.84. The van der Waals surface area contributed by atoms with E-state index in [-0.39, 0.29) is 0 Å². The highest BCUT2D eigenvalue weighted by molar-refractivity contribution is 7.80. The molecule has 1 aliphatic heterocycles. The van der Waals surface area contributed by atoms with E-state index in [2.05, 4.69) is 9.50 Å². The fourth-order valence-corrected chi connectivity index (χ4v) is 2.14. The number of ether oxygens (including phenoxy) is 1. The van der Waals surface area contributed by atoms with Gasteiger partial charge < -0.3 is 20.3 Å². The molecule has 0 radical (unpaired) electrons. The topological polar surface area (TPSA) is 142 Å². The molecule has 1 heterocycles. The summed E-state index contributed by atoms with van der Waals surface area (Å²) in [7, 11) is -4.63. The average molecular weight is 299 g/mol. The minimum absolute atomic E-state index is 0.452. The zero-order chi connectivity index (χ0) is 14.8. The van der Waals surface area contributed by atoms with Crippen LogP contribution in [0.25, 0.3) is 0 Å². The van der Waals surface area contributed by atoms with Crippen LogP contribution in [0.2, 0.25) is 0 Å². The van der Waals surface area contributed by atoms with Gasteiger partial charge in [0.05, 0.1) is 18.8 Å². The molecule has 0 bridgehead atoms. The Balaban J connectivity index is 2.69.